The number of para-hydroxylation sites is 1. The van der Waals surface area contributed by atoms with Crippen LogP contribution in [0.5, 0.6) is 0 Å². The lowest BCUT2D eigenvalue weighted by molar-refractivity contribution is 0.347. The van der Waals surface area contributed by atoms with Gasteiger partial charge < -0.3 is 0 Å². The molecule has 1 atom stereocenters. The zero-order valence-electron chi connectivity index (χ0n) is 19.8. The summed E-state index contributed by atoms with van der Waals surface area (Å²) in [5.41, 5.74) is 2.94. The van der Waals surface area contributed by atoms with E-state index in [2.05, 4.69) is 0 Å². The molecule has 0 radical (unpaired) electrons. The van der Waals surface area contributed by atoms with E-state index in [0.29, 0.717) is 28.8 Å². The van der Waals surface area contributed by atoms with Gasteiger partial charge in [-0.1, -0.05) is 48.3 Å². The highest BCUT2D eigenvalue weighted by Crippen LogP contribution is 2.33. The second-order valence-electron chi connectivity index (χ2n) is 8.42. The van der Waals surface area contributed by atoms with Crippen molar-refractivity contribution in [2.75, 3.05) is 7.05 Å². The minimum Gasteiger partial charge on any atom is -0.268 e. The van der Waals surface area contributed by atoms with Crippen LogP contribution >= 0.6 is 23.2 Å². The Morgan fingerprint density at radius 2 is 1.71 bits per heavy atom. The van der Waals surface area contributed by atoms with E-state index in [4.69, 9.17) is 28.2 Å². The van der Waals surface area contributed by atoms with Crippen LogP contribution in [0.4, 0.5) is 0 Å². The van der Waals surface area contributed by atoms with Gasteiger partial charge in [0.2, 0.25) is 10.0 Å². The molecule has 1 aromatic heterocycles. The van der Waals surface area contributed by atoms with Crippen molar-refractivity contribution in [1.29, 1.82) is 0 Å². The van der Waals surface area contributed by atoms with Crippen molar-refractivity contribution in [3.63, 3.8) is 0 Å². The zero-order chi connectivity index (χ0) is 25.5. The van der Waals surface area contributed by atoms with Crippen LogP contribution in [0, 0.1) is 13.8 Å². The largest absolute Gasteiger partial charge is 0.268 e. The average Bonchev–Trinajstić information content (AvgIpc) is 2.83. The first kappa shape index (κ1) is 25.4. The van der Waals surface area contributed by atoms with E-state index in [1.165, 1.54) is 34.1 Å². The minimum atomic E-state index is -4.07. The maximum absolute atomic E-state index is 13.7. The molecule has 6 nitrogen and oxygen atoms in total. The third-order valence-electron chi connectivity index (χ3n) is 6.22. The molecule has 0 N–H and O–H groups in total. The number of aromatic nitrogens is 2. The van der Waals surface area contributed by atoms with Crippen LogP contribution in [0.25, 0.3) is 16.6 Å². The van der Waals surface area contributed by atoms with Gasteiger partial charge >= 0.3 is 0 Å². The van der Waals surface area contributed by atoms with Crippen molar-refractivity contribution < 1.29 is 8.42 Å². The quantitative estimate of drug-likeness (QED) is 0.303. The summed E-state index contributed by atoms with van der Waals surface area (Å²) >= 11 is 12.3. The lowest BCUT2D eigenvalue weighted by Crippen LogP contribution is -2.36. The highest BCUT2D eigenvalue weighted by molar-refractivity contribution is 7.89. The van der Waals surface area contributed by atoms with Gasteiger partial charge in [0.25, 0.3) is 5.56 Å². The van der Waals surface area contributed by atoms with Gasteiger partial charge in [-0.05, 0) is 73.9 Å². The van der Waals surface area contributed by atoms with Crippen LogP contribution in [0.2, 0.25) is 10.0 Å². The summed E-state index contributed by atoms with van der Waals surface area (Å²) in [6, 6.07) is 16.3. The third kappa shape index (κ3) is 4.61. The summed E-state index contributed by atoms with van der Waals surface area (Å²) in [6.45, 7) is 5.81. The van der Waals surface area contributed by atoms with Crippen LogP contribution < -0.4 is 5.56 Å². The molecule has 4 aromatic rings. The van der Waals surface area contributed by atoms with E-state index < -0.39 is 16.1 Å². The van der Waals surface area contributed by atoms with Gasteiger partial charge in [-0.25, -0.2) is 13.4 Å². The molecule has 0 aliphatic heterocycles. The predicted octanol–water partition coefficient (Wildman–Crippen LogP) is 6.08. The molecule has 0 saturated carbocycles. The molecular weight excluding hydrogens is 505 g/mol. The standard InChI is InChI=1S/C26H25Cl2N3O3S/c1-5-23(30(4)35(33,34)24-15-18(27)11-13-21(24)28)25-29-22-9-7-6-8-20(22)26(32)31(25)19-12-10-16(2)17(3)14-19/h6-15,23H,5H2,1-4H3. The monoisotopic (exact) mass is 529 g/mol. The molecule has 0 bridgehead atoms. The van der Waals surface area contributed by atoms with Crippen molar-refractivity contribution in [2.24, 2.45) is 0 Å². The normalized spacial score (nSPS) is 12.9. The molecule has 182 valence electrons. The Labute approximate surface area is 214 Å². The first-order valence-electron chi connectivity index (χ1n) is 11.1. The van der Waals surface area contributed by atoms with Crippen LogP contribution in [0.15, 0.2) is 70.4 Å². The fourth-order valence-corrected chi connectivity index (χ4v) is 6.21. The lowest BCUT2D eigenvalue weighted by atomic mass is 10.1. The molecule has 9 heteroatoms. The number of nitrogens with zero attached hydrogens (tertiary/aromatic N) is 3. The molecule has 0 aliphatic rings. The molecule has 1 heterocycles. The molecule has 35 heavy (non-hydrogen) atoms. The summed E-state index contributed by atoms with van der Waals surface area (Å²) in [7, 11) is -2.60. The number of halogens is 2. The summed E-state index contributed by atoms with van der Waals surface area (Å²) in [4.78, 5) is 18.4. The summed E-state index contributed by atoms with van der Waals surface area (Å²) < 4.78 is 30.0. The Morgan fingerprint density at radius 1 is 1.00 bits per heavy atom. The predicted molar refractivity (Wildman–Crippen MR) is 141 cm³/mol. The summed E-state index contributed by atoms with van der Waals surface area (Å²) in [5.74, 6) is 0.323. The maximum atomic E-state index is 13.7. The number of hydrogen-bond donors (Lipinski definition) is 0. The molecular formula is C26H25Cl2N3O3S. The van der Waals surface area contributed by atoms with Gasteiger partial charge in [-0.2, -0.15) is 4.31 Å². The van der Waals surface area contributed by atoms with Crippen LogP contribution in [-0.2, 0) is 10.0 Å². The molecule has 3 aromatic carbocycles. The van der Waals surface area contributed by atoms with E-state index in [-0.39, 0.29) is 20.5 Å². The molecule has 1 unspecified atom stereocenters. The Balaban J connectivity index is 1.98. The van der Waals surface area contributed by atoms with E-state index in [0.717, 1.165) is 11.1 Å². The third-order valence-corrected chi connectivity index (χ3v) is 8.81. The van der Waals surface area contributed by atoms with E-state index in [1.54, 1.807) is 24.3 Å². The Hall–Kier alpha value is -2.71. The Kier molecular flexibility index (Phi) is 7.06. The first-order valence-corrected chi connectivity index (χ1v) is 13.3. The fourth-order valence-electron chi connectivity index (χ4n) is 4.09. The smallest absolute Gasteiger partial charge is 0.266 e. The van der Waals surface area contributed by atoms with Crippen molar-refractivity contribution in [1.82, 2.24) is 13.9 Å². The molecule has 0 aliphatic carbocycles. The SMILES string of the molecule is CCC(c1nc2ccccc2c(=O)n1-c1ccc(C)c(C)c1)N(C)S(=O)(=O)c1cc(Cl)ccc1Cl. The number of fused-ring (bicyclic) bond motifs is 1. The number of sulfonamides is 1. The van der Waals surface area contributed by atoms with Crippen molar-refractivity contribution in [3.05, 3.63) is 98.0 Å². The van der Waals surface area contributed by atoms with Crippen LogP contribution in [0.1, 0.15) is 36.3 Å². The molecule has 4 rings (SSSR count). The van der Waals surface area contributed by atoms with Crippen molar-refractivity contribution in [2.45, 2.75) is 38.1 Å². The second kappa shape index (κ2) is 9.74. The highest BCUT2D eigenvalue weighted by Gasteiger charge is 2.33. The maximum Gasteiger partial charge on any atom is 0.266 e. The van der Waals surface area contributed by atoms with Crippen molar-refractivity contribution >= 4 is 44.1 Å². The molecule has 0 fully saturated rings. The van der Waals surface area contributed by atoms with Gasteiger partial charge in [0.15, 0.2) is 0 Å². The first-order chi connectivity index (χ1) is 16.6. The van der Waals surface area contributed by atoms with Crippen LogP contribution in [-0.4, -0.2) is 29.3 Å². The van der Waals surface area contributed by atoms with Crippen LogP contribution in [0.3, 0.4) is 0 Å². The topological polar surface area (TPSA) is 72.3 Å². The van der Waals surface area contributed by atoms with E-state index >= 15 is 0 Å². The van der Waals surface area contributed by atoms with E-state index in [9.17, 15) is 13.2 Å². The molecule has 0 saturated heterocycles. The van der Waals surface area contributed by atoms with Gasteiger partial charge in [0, 0.05) is 12.1 Å². The fraction of sp³-hybridized carbons (Fsp3) is 0.231. The summed E-state index contributed by atoms with van der Waals surface area (Å²) in [6.07, 6.45) is 0.365. The average molecular weight is 530 g/mol. The lowest BCUT2D eigenvalue weighted by Gasteiger charge is -2.29. The summed E-state index contributed by atoms with van der Waals surface area (Å²) in [5, 5.41) is 0.771. The van der Waals surface area contributed by atoms with Gasteiger partial charge in [-0.15, -0.1) is 0 Å². The van der Waals surface area contributed by atoms with Gasteiger partial charge in [0.1, 0.15) is 10.7 Å². The molecule has 0 amide bonds. The Bertz CT molecular complexity index is 1600. The van der Waals surface area contributed by atoms with E-state index in [1.807, 2.05) is 39.0 Å². The number of rotatable bonds is 6. The van der Waals surface area contributed by atoms with Crippen molar-refractivity contribution in [3.8, 4) is 5.69 Å². The Morgan fingerprint density at radius 3 is 2.40 bits per heavy atom. The number of hydrogen-bond acceptors (Lipinski definition) is 4. The molecule has 0 spiro atoms. The number of aryl methyl sites for hydroxylation is 2. The van der Waals surface area contributed by atoms with Gasteiger partial charge in [0.05, 0.1) is 27.7 Å². The zero-order valence-corrected chi connectivity index (χ0v) is 22.1. The second-order valence-corrected chi connectivity index (χ2v) is 11.2. The van der Waals surface area contributed by atoms with Gasteiger partial charge in [-0.3, -0.25) is 9.36 Å². The minimum absolute atomic E-state index is 0.0640. The highest BCUT2D eigenvalue weighted by atomic mass is 35.5. The number of benzene rings is 3.